The molecule has 1 unspecified atom stereocenters. The summed E-state index contributed by atoms with van der Waals surface area (Å²) in [6.45, 7) is -3.03. The first kappa shape index (κ1) is 13.7. The molecule has 6 rings (SSSR count). The Bertz CT molecular complexity index is 1290. The van der Waals surface area contributed by atoms with Crippen LogP contribution in [0.25, 0.3) is 10.9 Å². The molecule has 2 aromatic carbocycles. The first-order valence-corrected chi connectivity index (χ1v) is 9.44. The number of amides is 2. The van der Waals surface area contributed by atoms with Gasteiger partial charge in [-0.05, 0) is 29.3 Å². The van der Waals surface area contributed by atoms with E-state index < -0.39 is 37.4 Å². The van der Waals surface area contributed by atoms with E-state index in [4.69, 9.17) is 13.6 Å². The van der Waals surface area contributed by atoms with Crippen molar-refractivity contribution in [1.82, 2.24) is 14.8 Å². The summed E-state index contributed by atoms with van der Waals surface area (Å²) >= 11 is 0. The zero-order chi connectivity index (χ0) is 22.2. The second kappa shape index (κ2) is 5.76. The number of ether oxygens (including phenoxy) is 2. The summed E-state index contributed by atoms with van der Waals surface area (Å²) in [6, 6.07) is 11.7. The van der Waals surface area contributed by atoms with Crippen LogP contribution in [0.4, 0.5) is 0 Å². The van der Waals surface area contributed by atoms with Crippen molar-refractivity contribution in [3.8, 4) is 11.5 Å². The topological polar surface area (TPSA) is 74.9 Å². The molecule has 0 radical (unpaired) electrons. The third-order valence-electron chi connectivity index (χ3n) is 5.98. The van der Waals surface area contributed by atoms with E-state index in [-0.39, 0.29) is 13.2 Å². The smallest absolute Gasteiger partial charge is 0.245 e. The summed E-state index contributed by atoms with van der Waals surface area (Å²) in [6.07, 6.45) is 0.248. The van der Waals surface area contributed by atoms with Gasteiger partial charge in [-0.2, -0.15) is 0 Å². The Morgan fingerprint density at radius 3 is 2.90 bits per heavy atom. The number of nitrogens with one attached hydrogen (secondary N) is 1. The minimum Gasteiger partial charge on any atom is -0.454 e. The Kier molecular flexibility index (Phi) is 2.71. The number of aromatic amines is 1. The van der Waals surface area contributed by atoms with Gasteiger partial charge in [0.15, 0.2) is 11.5 Å². The van der Waals surface area contributed by atoms with Crippen LogP contribution >= 0.6 is 0 Å². The maximum absolute atomic E-state index is 13.3. The molecule has 0 saturated carbocycles. The fraction of sp³-hybridized carbons (Fsp3) is 0.273. The summed E-state index contributed by atoms with van der Waals surface area (Å²) < 4.78 is 34.1. The van der Waals surface area contributed by atoms with Gasteiger partial charge in [-0.25, -0.2) is 0 Å². The summed E-state index contributed by atoms with van der Waals surface area (Å²) in [5.41, 5.74) is 3.40. The number of fused-ring (bicyclic) bond motifs is 5. The molecule has 0 aliphatic carbocycles. The number of likely N-dealkylation sites (N-methyl/N-ethyl adjacent to an activating group) is 1. The van der Waals surface area contributed by atoms with Crippen LogP contribution in [0.15, 0.2) is 42.5 Å². The predicted molar refractivity (Wildman–Crippen MR) is 105 cm³/mol. The summed E-state index contributed by atoms with van der Waals surface area (Å²) in [5.74, 6) is 0.221. The van der Waals surface area contributed by atoms with Crippen LogP contribution in [0.1, 0.15) is 27.0 Å². The number of carbonyl (C=O) groups is 2. The molecule has 1 saturated heterocycles. The van der Waals surface area contributed by atoms with E-state index in [9.17, 15) is 9.59 Å². The Hall–Kier alpha value is -3.48. The number of piperazine rings is 1. The van der Waals surface area contributed by atoms with Gasteiger partial charge in [0.05, 0.1) is 12.6 Å². The van der Waals surface area contributed by atoms with E-state index in [1.165, 1.54) is 4.90 Å². The highest BCUT2D eigenvalue weighted by molar-refractivity contribution is 5.97. The molecule has 0 bridgehead atoms. The number of benzene rings is 2. The van der Waals surface area contributed by atoms with Crippen molar-refractivity contribution in [2.75, 3.05) is 20.3 Å². The van der Waals surface area contributed by atoms with E-state index in [0.717, 1.165) is 27.7 Å². The van der Waals surface area contributed by atoms with Gasteiger partial charge in [-0.3, -0.25) is 9.59 Å². The molecular weight excluding hydrogens is 370 g/mol. The predicted octanol–water partition coefficient (Wildman–Crippen LogP) is 2.21. The molecule has 1 N–H and O–H groups in total. The number of H-pyrrole nitrogens is 1. The summed E-state index contributed by atoms with van der Waals surface area (Å²) in [7, 11) is 0. The highest BCUT2D eigenvalue weighted by Gasteiger charge is 2.47. The lowest BCUT2D eigenvalue weighted by molar-refractivity contribution is -0.157. The number of hydrogen-bond donors (Lipinski definition) is 1. The Morgan fingerprint density at radius 1 is 1.14 bits per heavy atom. The van der Waals surface area contributed by atoms with Crippen molar-refractivity contribution in [3.63, 3.8) is 0 Å². The van der Waals surface area contributed by atoms with Gasteiger partial charge in [0, 0.05) is 34.1 Å². The van der Waals surface area contributed by atoms with E-state index in [1.54, 1.807) is 6.07 Å². The summed E-state index contributed by atoms with van der Waals surface area (Å²) in [4.78, 5) is 32.3. The number of rotatable bonds is 1. The lowest BCUT2D eigenvalue weighted by Crippen LogP contribution is -2.62. The molecule has 29 heavy (non-hydrogen) atoms. The lowest BCUT2D eigenvalue weighted by atomic mass is 9.86. The zero-order valence-corrected chi connectivity index (χ0v) is 15.3. The fourth-order valence-corrected chi connectivity index (χ4v) is 4.69. The monoisotopic (exact) mass is 392 g/mol. The van der Waals surface area contributed by atoms with Crippen molar-refractivity contribution >= 4 is 22.7 Å². The third kappa shape index (κ3) is 2.24. The van der Waals surface area contributed by atoms with Crippen molar-refractivity contribution < 1.29 is 23.2 Å². The van der Waals surface area contributed by atoms with Crippen LogP contribution in [0.5, 0.6) is 11.5 Å². The second-order valence-electron chi connectivity index (χ2n) is 7.52. The Labute approximate surface area is 171 Å². The number of carbonyl (C=O) groups excluding carboxylic acids is 2. The Balaban J connectivity index is 1.55. The molecule has 2 amide bonds. The van der Waals surface area contributed by atoms with Gasteiger partial charge >= 0.3 is 0 Å². The van der Waals surface area contributed by atoms with Gasteiger partial charge in [0.25, 0.3) is 0 Å². The normalized spacial score (nSPS) is 24.8. The molecule has 7 nitrogen and oxygen atoms in total. The van der Waals surface area contributed by atoms with Crippen LogP contribution in [-0.2, 0) is 16.0 Å². The zero-order valence-electron chi connectivity index (χ0n) is 18.3. The number of hydrogen-bond acceptors (Lipinski definition) is 4. The molecule has 3 aliphatic heterocycles. The maximum atomic E-state index is 13.3. The number of nitrogens with zero attached hydrogens (tertiary/aromatic N) is 2. The van der Waals surface area contributed by atoms with Crippen LogP contribution in [0.2, 0.25) is 0 Å². The van der Waals surface area contributed by atoms with Gasteiger partial charge in [0.1, 0.15) is 6.04 Å². The molecule has 0 spiro atoms. The van der Waals surface area contributed by atoms with E-state index in [1.807, 2.05) is 36.4 Å². The van der Waals surface area contributed by atoms with Crippen LogP contribution < -0.4 is 9.47 Å². The average Bonchev–Trinajstić information content (AvgIpc) is 3.37. The first-order valence-electron chi connectivity index (χ1n) is 10.9. The van der Waals surface area contributed by atoms with Crippen LogP contribution in [0, 0.1) is 0 Å². The molecule has 3 aliphatic rings. The van der Waals surface area contributed by atoms with Crippen LogP contribution in [0.3, 0.4) is 0 Å². The van der Waals surface area contributed by atoms with E-state index in [2.05, 4.69) is 4.98 Å². The minimum atomic E-state index is -2.67. The Morgan fingerprint density at radius 2 is 2.00 bits per heavy atom. The first-order chi connectivity index (χ1) is 15.3. The molecule has 2 atom stereocenters. The third-order valence-corrected chi connectivity index (χ3v) is 5.98. The SMILES string of the molecule is [2H]C([2H])([2H])N1CC(=O)N2C(c3ccc4c(c3)OCO4)c3[nH]c4ccccc4c3C[C@@H]2C1=O. The lowest BCUT2D eigenvalue weighted by Gasteiger charge is -2.46. The minimum absolute atomic E-state index is 0.123. The second-order valence-corrected chi connectivity index (χ2v) is 7.52. The molecule has 3 aromatic rings. The highest BCUT2D eigenvalue weighted by atomic mass is 16.7. The maximum Gasteiger partial charge on any atom is 0.245 e. The van der Waals surface area contributed by atoms with E-state index in [0.29, 0.717) is 16.4 Å². The largest absolute Gasteiger partial charge is 0.454 e. The standard InChI is InChI=1S/C22H19N3O4/c1-24-10-19(26)25-16(22(24)27)9-14-13-4-2-3-5-15(13)23-20(14)21(25)12-6-7-17-18(8-12)29-11-28-17/h2-8,16,21,23H,9-11H2,1H3/t16-,21?/m1/s1/i1D3. The van der Waals surface area contributed by atoms with Gasteiger partial charge in [-0.15, -0.1) is 0 Å². The molecule has 7 heteroatoms. The molecule has 4 heterocycles. The number of para-hydroxylation sites is 1. The van der Waals surface area contributed by atoms with Gasteiger partial charge in [-0.1, -0.05) is 24.3 Å². The van der Waals surface area contributed by atoms with Gasteiger partial charge < -0.3 is 24.3 Å². The van der Waals surface area contributed by atoms with Crippen molar-refractivity contribution in [2.45, 2.75) is 18.5 Å². The van der Waals surface area contributed by atoms with Gasteiger partial charge in [0.2, 0.25) is 18.6 Å². The van der Waals surface area contributed by atoms with Crippen LogP contribution in [-0.4, -0.2) is 53.0 Å². The molecular formula is C22H19N3O4. The fourth-order valence-electron chi connectivity index (χ4n) is 4.69. The van der Waals surface area contributed by atoms with Crippen molar-refractivity contribution in [2.24, 2.45) is 0 Å². The van der Waals surface area contributed by atoms with Crippen molar-refractivity contribution in [3.05, 3.63) is 59.3 Å². The average molecular weight is 392 g/mol. The highest BCUT2D eigenvalue weighted by Crippen LogP contribution is 2.44. The number of aromatic nitrogens is 1. The summed E-state index contributed by atoms with van der Waals surface area (Å²) in [5, 5.41) is 0.958. The molecule has 1 aromatic heterocycles. The molecule has 146 valence electrons. The van der Waals surface area contributed by atoms with Crippen molar-refractivity contribution in [1.29, 1.82) is 0 Å². The molecule has 1 fully saturated rings. The quantitative estimate of drug-likeness (QED) is 0.689. The van der Waals surface area contributed by atoms with E-state index >= 15 is 0 Å².